The van der Waals surface area contributed by atoms with Gasteiger partial charge in [0.05, 0.1) is 16.8 Å². The first-order valence-corrected chi connectivity index (χ1v) is 6.77. The molecule has 18 heavy (non-hydrogen) atoms. The Kier molecular flexibility index (Phi) is 4.43. The molecule has 0 saturated carbocycles. The maximum Gasteiger partial charge on any atom is 0.104 e. The Balaban J connectivity index is 2.20. The Hall–Kier alpha value is -0.840. The van der Waals surface area contributed by atoms with E-state index >= 15 is 0 Å². The van der Waals surface area contributed by atoms with Gasteiger partial charge in [0.1, 0.15) is 4.99 Å². The van der Waals surface area contributed by atoms with E-state index in [0.717, 1.165) is 37.2 Å². The molecule has 1 aliphatic rings. The number of anilines is 1. The van der Waals surface area contributed by atoms with Gasteiger partial charge in [-0.15, -0.1) is 0 Å². The smallest absolute Gasteiger partial charge is 0.104 e. The summed E-state index contributed by atoms with van der Waals surface area (Å²) in [6.07, 6.45) is 2.51. The maximum atomic E-state index is 6.30. The van der Waals surface area contributed by atoms with Gasteiger partial charge >= 0.3 is 0 Å². The second-order valence-electron chi connectivity index (χ2n) is 4.48. The summed E-state index contributed by atoms with van der Waals surface area (Å²) < 4.78 is 5.42. The highest BCUT2D eigenvalue weighted by atomic mass is 35.5. The van der Waals surface area contributed by atoms with Gasteiger partial charge in [0.15, 0.2) is 0 Å². The van der Waals surface area contributed by atoms with E-state index in [9.17, 15) is 0 Å². The van der Waals surface area contributed by atoms with Crippen LogP contribution in [0.25, 0.3) is 0 Å². The molecule has 98 valence electrons. The number of nitrogens with zero attached hydrogens (tertiary/aromatic N) is 1. The topological polar surface area (TPSA) is 38.5 Å². The average molecular weight is 285 g/mol. The van der Waals surface area contributed by atoms with Gasteiger partial charge in [-0.2, -0.15) is 0 Å². The molecule has 1 fully saturated rings. The fraction of sp³-hybridized carbons (Fsp3) is 0.462. The summed E-state index contributed by atoms with van der Waals surface area (Å²) in [6.45, 7) is 1.88. The Morgan fingerprint density at radius 3 is 2.94 bits per heavy atom. The highest BCUT2D eigenvalue weighted by molar-refractivity contribution is 7.80. The maximum absolute atomic E-state index is 6.30. The molecule has 0 aliphatic carbocycles. The van der Waals surface area contributed by atoms with E-state index in [1.165, 1.54) is 0 Å². The van der Waals surface area contributed by atoms with Crippen molar-refractivity contribution in [2.75, 3.05) is 25.1 Å². The Morgan fingerprint density at radius 1 is 1.56 bits per heavy atom. The van der Waals surface area contributed by atoms with E-state index in [1.54, 1.807) is 7.11 Å². The number of piperidine rings is 1. The van der Waals surface area contributed by atoms with Crippen molar-refractivity contribution < 1.29 is 4.74 Å². The van der Waals surface area contributed by atoms with E-state index in [2.05, 4.69) is 4.90 Å². The lowest BCUT2D eigenvalue weighted by Gasteiger charge is -2.34. The number of methoxy groups -OCH3 is 1. The molecule has 1 saturated heterocycles. The number of nitrogens with two attached hydrogens (primary N) is 1. The lowest BCUT2D eigenvalue weighted by atomic mass is 10.1. The highest BCUT2D eigenvalue weighted by Crippen LogP contribution is 2.29. The van der Waals surface area contributed by atoms with Crippen molar-refractivity contribution in [3.05, 3.63) is 28.8 Å². The molecular weight excluding hydrogens is 268 g/mol. The lowest BCUT2D eigenvalue weighted by molar-refractivity contribution is 0.0893. The van der Waals surface area contributed by atoms with Gasteiger partial charge in [0, 0.05) is 25.8 Å². The normalized spacial score (nSPS) is 19.9. The van der Waals surface area contributed by atoms with Crippen molar-refractivity contribution in [2.24, 2.45) is 5.73 Å². The van der Waals surface area contributed by atoms with Gasteiger partial charge in [-0.05, 0) is 31.0 Å². The first-order chi connectivity index (χ1) is 8.61. The molecule has 1 aliphatic heterocycles. The van der Waals surface area contributed by atoms with Gasteiger partial charge in [0.2, 0.25) is 0 Å². The van der Waals surface area contributed by atoms with Gasteiger partial charge in [-0.3, -0.25) is 0 Å². The monoisotopic (exact) mass is 284 g/mol. The third-order valence-electron chi connectivity index (χ3n) is 3.28. The molecule has 1 atom stereocenters. The first kappa shape index (κ1) is 13.6. The molecule has 0 radical (unpaired) electrons. The predicted octanol–water partition coefficient (Wildman–Crippen LogP) is 2.59. The van der Waals surface area contributed by atoms with Crippen LogP contribution in [0.5, 0.6) is 0 Å². The molecule has 2 rings (SSSR count). The molecule has 3 nitrogen and oxygen atoms in total. The van der Waals surface area contributed by atoms with Gasteiger partial charge in [-0.1, -0.05) is 23.8 Å². The van der Waals surface area contributed by atoms with Crippen molar-refractivity contribution in [1.82, 2.24) is 0 Å². The van der Waals surface area contributed by atoms with E-state index in [4.69, 9.17) is 34.3 Å². The molecule has 0 amide bonds. The van der Waals surface area contributed by atoms with Crippen LogP contribution in [0.2, 0.25) is 5.02 Å². The molecule has 1 unspecified atom stereocenters. The summed E-state index contributed by atoms with van der Waals surface area (Å²) in [5.74, 6) is 0. The number of halogens is 1. The number of ether oxygens (including phenoxy) is 1. The standard InChI is InChI=1S/C13H17ClN2OS/c1-17-10-3-2-6-16(8-10)12-5-4-9(13(15)18)7-11(12)14/h4-5,7,10H,2-3,6,8H2,1H3,(H2,15,18). The summed E-state index contributed by atoms with van der Waals surface area (Å²) in [4.78, 5) is 2.63. The SMILES string of the molecule is COC1CCCN(c2ccc(C(N)=S)cc2Cl)C1. The van der Waals surface area contributed by atoms with Crippen LogP contribution in [-0.2, 0) is 4.74 Å². The van der Waals surface area contributed by atoms with Crippen LogP contribution in [0, 0.1) is 0 Å². The van der Waals surface area contributed by atoms with Crippen molar-refractivity contribution in [3.8, 4) is 0 Å². The van der Waals surface area contributed by atoms with E-state index in [0.29, 0.717) is 10.0 Å². The van der Waals surface area contributed by atoms with Crippen LogP contribution < -0.4 is 10.6 Å². The number of rotatable bonds is 3. The van der Waals surface area contributed by atoms with Crippen molar-refractivity contribution in [3.63, 3.8) is 0 Å². The molecule has 1 heterocycles. The molecule has 1 aromatic carbocycles. The van der Waals surface area contributed by atoms with Gasteiger partial charge in [-0.25, -0.2) is 0 Å². The van der Waals surface area contributed by atoms with Crippen LogP contribution >= 0.6 is 23.8 Å². The van der Waals surface area contributed by atoms with Gasteiger partial charge < -0.3 is 15.4 Å². The zero-order chi connectivity index (χ0) is 13.1. The van der Waals surface area contributed by atoms with Crippen LogP contribution in [0.4, 0.5) is 5.69 Å². The number of hydrogen-bond donors (Lipinski definition) is 1. The average Bonchev–Trinajstić information content (AvgIpc) is 2.38. The number of benzene rings is 1. The van der Waals surface area contributed by atoms with Crippen LogP contribution in [0.1, 0.15) is 18.4 Å². The molecule has 1 aromatic rings. The molecule has 0 bridgehead atoms. The minimum absolute atomic E-state index is 0.282. The lowest BCUT2D eigenvalue weighted by Crippen LogP contribution is -2.39. The third-order valence-corrected chi connectivity index (χ3v) is 3.82. The van der Waals surface area contributed by atoms with Crippen molar-refractivity contribution >= 4 is 34.5 Å². The molecule has 0 aromatic heterocycles. The van der Waals surface area contributed by atoms with Crippen molar-refractivity contribution in [2.45, 2.75) is 18.9 Å². The van der Waals surface area contributed by atoms with E-state index < -0.39 is 0 Å². The molecular formula is C13H17ClN2OS. The Labute approximate surface area is 118 Å². The van der Waals surface area contributed by atoms with Crippen LogP contribution in [0.3, 0.4) is 0 Å². The second kappa shape index (κ2) is 5.87. The molecule has 2 N–H and O–H groups in total. The van der Waals surface area contributed by atoms with Crippen LogP contribution in [-0.4, -0.2) is 31.3 Å². The zero-order valence-corrected chi connectivity index (χ0v) is 11.9. The summed E-state index contributed by atoms with van der Waals surface area (Å²) in [5, 5.41) is 0.692. The van der Waals surface area contributed by atoms with Crippen LogP contribution in [0.15, 0.2) is 18.2 Å². The van der Waals surface area contributed by atoms with E-state index in [1.807, 2.05) is 18.2 Å². The summed E-state index contributed by atoms with van der Waals surface area (Å²) >= 11 is 11.2. The van der Waals surface area contributed by atoms with Crippen molar-refractivity contribution in [1.29, 1.82) is 0 Å². The second-order valence-corrected chi connectivity index (χ2v) is 5.32. The summed E-state index contributed by atoms with van der Waals surface area (Å²) in [6, 6.07) is 5.73. The minimum atomic E-state index is 0.282. The predicted molar refractivity (Wildman–Crippen MR) is 79.6 cm³/mol. The third kappa shape index (κ3) is 2.94. The first-order valence-electron chi connectivity index (χ1n) is 5.99. The molecule has 0 spiro atoms. The number of thiocarbonyl (C=S) groups is 1. The highest BCUT2D eigenvalue weighted by Gasteiger charge is 2.21. The Morgan fingerprint density at radius 2 is 2.33 bits per heavy atom. The van der Waals surface area contributed by atoms with E-state index in [-0.39, 0.29) is 6.10 Å². The zero-order valence-electron chi connectivity index (χ0n) is 10.4. The largest absolute Gasteiger partial charge is 0.389 e. The fourth-order valence-electron chi connectivity index (χ4n) is 2.27. The van der Waals surface area contributed by atoms with Gasteiger partial charge in [0.25, 0.3) is 0 Å². The fourth-order valence-corrected chi connectivity index (χ4v) is 2.69. The minimum Gasteiger partial charge on any atom is -0.389 e. The quantitative estimate of drug-likeness (QED) is 0.866. The summed E-state index contributed by atoms with van der Waals surface area (Å²) in [5.41, 5.74) is 7.42. The number of hydrogen-bond acceptors (Lipinski definition) is 3. The Bertz CT molecular complexity index is 453. The summed E-state index contributed by atoms with van der Waals surface area (Å²) in [7, 11) is 1.76. The molecule has 5 heteroatoms.